The molecule has 0 saturated carbocycles. The van der Waals surface area contributed by atoms with Crippen LogP contribution < -0.4 is 0 Å². The predicted octanol–water partition coefficient (Wildman–Crippen LogP) is 4.06. The summed E-state index contributed by atoms with van der Waals surface area (Å²) in [5, 5.41) is 4.08. The van der Waals surface area contributed by atoms with Crippen molar-refractivity contribution < 1.29 is 13.7 Å². The Morgan fingerprint density at radius 3 is 2.86 bits per heavy atom. The van der Waals surface area contributed by atoms with E-state index in [2.05, 4.69) is 5.16 Å². The molecule has 1 aromatic carbocycles. The van der Waals surface area contributed by atoms with Gasteiger partial charge in [-0.25, -0.2) is 4.39 Å². The third-order valence-electron chi connectivity index (χ3n) is 4.11. The molecule has 0 spiro atoms. The van der Waals surface area contributed by atoms with E-state index < -0.39 is 5.82 Å². The van der Waals surface area contributed by atoms with Crippen molar-refractivity contribution in [3.05, 3.63) is 51.6 Å². The highest BCUT2D eigenvalue weighted by Crippen LogP contribution is 2.37. The molecule has 0 N–H and O–H groups in total. The Labute approximate surface area is 132 Å². The summed E-state index contributed by atoms with van der Waals surface area (Å²) in [6, 6.07) is 4.12. The van der Waals surface area contributed by atoms with Crippen molar-refractivity contribution in [1.29, 1.82) is 0 Å². The molecule has 1 atom stereocenters. The van der Waals surface area contributed by atoms with Crippen LogP contribution in [0.25, 0.3) is 0 Å². The van der Waals surface area contributed by atoms with E-state index in [0.717, 1.165) is 24.1 Å². The summed E-state index contributed by atoms with van der Waals surface area (Å²) in [7, 11) is 0. The second kappa shape index (κ2) is 5.72. The Balaban J connectivity index is 1.99. The molecule has 3 rings (SSSR count). The van der Waals surface area contributed by atoms with Gasteiger partial charge in [0.05, 0.1) is 22.3 Å². The van der Waals surface area contributed by atoms with E-state index in [1.807, 2.05) is 13.8 Å². The summed E-state index contributed by atoms with van der Waals surface area (Å²) in [4.78, 5) is 14.4. The first-order valence-electron chi connectivity index (χ1n) is 7.18. The van der Waals surface area contributed by atoms with Crippen molar-refractivity contribution >= 4 is 17.5 Å². The van der Waals surface area contributed by atoms with E-state index in [1.54, 1.807) is 4.90 Å². The van der Waals surface area contributed by atoms with E-state index in [0.29, 0.717) is 12.3 Å². The predicted molar refractivity (Wildman–Crippen MR) is 80.4 cm³/mol. The van der Waals surface area contributed by atoms with Gasteiger partial charge in [0, 0.05) is 12.1 Å². The van der Waals surface area contributed by atoms with E-state index in [-0.39, 0.29) is 22.5 Å². The van der Waals surface area contributed by atoms with Gasteiger partial charge in [-0.3, -0.25) is 4.79 Å². The summed E-state index contributed by atoms with van der Waals surface area (Å²) in [6.45, 7) is 4.24. The number of halogens is 2. The van der Waals surface area contributed by atoms with Gasteiger partial charge in [0.2, 0.25) is 0 Å². The second-order valence-corrected chi connectivity index (χ2v) is 5.90. The number of aromatic nitrogens is 1. The lowest BCUT2D eigenvalue weighted by Crippen LogP contribution is -2.31. The van der Waals surface area contributed by atoms with Crippen LogP contribution in [0.1, 0.15) is 46.3 Å². The molecule has 22 heavy (non-hydrogen) atoms. The minimum absolute atomic E-state index is 0.0668. The molecule has 1 amide bonds. The molecule has 1 saturated heterocycles. The molecule has 0 radical (unpaired) electrons. The highest BCUT2D eigenvalue weighted by Gasteiger charge is 2.35. The largest absolute Gasteiger partial charge is 0.361 e. The first kappa shape index (κ1) is 15.0. The van der Waals surface area contributed by atoms with Gasteiger partial charge in [0.25, 0.3) is 5.91 Å². The van der Waals surface area contributed by atoms with Crippen LogP contribution in [0, 0.1) is 19.7 Å². The number of amides is 1. The van der Waals surface area contributed by atoms with Crippen LogP contribution in [-0.2, 0) is 0 Å². The Kier molecular flexibility index (Phi) is 3.91. The fourth-order valence-electron chi connectivity index (χ4n) is 3.12. The molecule has 1 aliphatic heterocycles. The summed E-state index contributed by atoms with van der Waals surface area (Å²) in [6.07, 6.45) is 1.66. The first-order chi connectivity index (χ1) is 10.5. The minimum atomic E-state index is -0.595. The molecule has 1 fully saturated rings. The number of aryl methyl sites for hydroxylation is 2. The zero-order valence-electron chi connectivity index (χ0n) is 12.4. The van der Waals surface area contributed by atoms with Crippen molar-refractivity contribution in [3.8, 4) is 0 Å². The van der Waals surface area contributed by atoms with Crippen molar-refractivity contribution in [1.82, 2.24) is 10.1 Å². The number of nitrogens with zero attached hydrogens (tertiary/aromatic N) is 2. The smallest absolute Gasteiger partial charge is 0.258 e. The molecular weight excluding hydrogens is 307 g/mol. The van der Waals surface area contributed by atoms with Crippen LogP contribution in [0.2, 0.25) is 5.02 Å². The van der Waals surface area contributed by atoms with Crippen LogP contribution in [0.3, 0.4) is 0 Å². The fourth-order valence-corrected chi connectivity index (χ4v) is 3.37. The van der Waals surface area contributed by atoms with Crippen molar-refractivity contribution in [2.75, 3.05) is 6.54 Å². The maximum Gasteiger partial charge on any atom is 0.258 e. The summed E-state index contributed by atoms with van der Waals surface area (Å²) < 4.78 is 19.2. The van der Waals surface area contributed by atoms with Crippen LogP contribution in [0.15, 0.2) is 22.7 Å². The van der Waals surface area contributed by atoms with E-state index >= 15 is 0 Å². The van der Waals surface area contributed by atoms with Gasteiger partial charge in [0.15, 0.2) is 0 Å². The van der Waals surface area contributed by atoms with Crippen LogP contribution in [0.5, 0.6) is 0 Å². The SMILES string of the molecule is Cc1noc(C)c1[C@@H]1CCCN1C(=O)c1c(F)cccc1Cl. The number of hydrogen-bond acceptors (Lipinski definition) is 3. The second-order valence-electron chi connectivity index (χ2n) is 5.49. The van der Waals surface area contributed by atoms with Gasteiger partial charge in [-0.2, -0.15) is 0 Å². The number of likely N-dealkylation sites (tertiary alicyclic amines) is 1. The molecule has 2 heterocycles. The van der Waals surface area contributed by atoms with E-state index in [4.69, 9.17) is 16.1 Å². The molecule has 6 heteroatoms. The Morgan fingerprint density at radius 1 is 1.45 bits per heavy atom. The summed E-state index contributed by atoms with van der Waals surface area (Å²) in [5.74, 6) is -0.283. The van der Waals surface area contributed by atoms with E-state index in [1.165, 1.54) is 18.2 Å². The van der Waals surface area contributed by atoms with E-state index in [9.17, 15) is 9.18 Å². The lowest BCUT2D eigenvalue weighted by Gasteiger charge is -2.25. The lowest BCUT2D eigenvalue weighted by molar-refractivity contribution is 0.0730. The molecule has 2 aromatic rings. The number of hydrogen-bond donors (Lipinski definition) is 0. The van der Waals surface area contributed by atoms with Gasteiger partial charge < -0.3 is 9.42 Å². The van der Waals surface area contributed by atoms with Crippen LogP contribution in [0.4, 0.5) is 4.39 Å². The van der Waals surface area contributed by atoms with Crippen LogP contribution in [-0.4, -0.2) is 22.5 Å². The summed E-state index contributed by atoms with van der Waals surface area (Å²) in [5.41, 5.74) is 1.61. The normalized spacial score (nSPS) is 18.0. The zero-order chi connectivity index (χ0) is 15.9. The maximum absolute atomic E-state index is 14.0. The van der Waals surface area contributed by atoms with Gasteiger partial charge in [-0.15, -0.1) is 0 Å². The molecule has 116 valence electrons. The van der Waals surface area contributed by atoms with Gasteiger partial charge in [0.1, 0.15) is 11.6 Å². The van der Waals surface area contributed by atoms with Crippen molar-refractivity contribution in [2.24, 2.45) is 0 Å². The Hall–Kier alpha value is -1.88. The monoisotopic (exact) mass is 322 g/mol. The molecule has 0 bridgehead atoms. The number of benzene rings is 1. The maximum atomic E-state index is 14.0. The molecule has 4 nitrogen and oxygen atoms in total. The molecule has 0 unspecified atom stereocenters. The number of carbonyl (C=O) groups excluding carboxylic acids is 1. The highest BCUT2D eigenvalue weighted by atomic mass is 35.5. The fraction of sp³-hybridized carbons (Fsp3) is 0.375. The quantitative estimate of drug-likeness (QED) is 0.837. The van der Waals surface area contributed by atoms with Gasteiger partial charge in [-0.05, 0) is 38.8 Å². The molecule has 1 aromatic heterocycles. The highest BCUT2D eigenvalue weighted by molar-refractivity contribution is 6.33. The molecule has 1 aliphatic rings. The average Bonchev–Trinajstić information content (AvgIpc) is 3.05. The third-order valence-corrected chi connectivity index (χ3v) is 4.43. The Morgan fingerprint density at radius 2 is 2.23 bits per heavy atom. The number of rotatable bonds is 2. The standard InChI is InChI=1S/C16H16ClFN2O2/c1-9-14(10(2)22-19-9)13-7-4-8-20(13)16(21)15-11(17)5-3-6-12(15)18/h3,5-6,13H,4,7-8H2,1-2H3/t13-/m0/s1. The lowest BCUT2D eigenvalue weighted by atomic mass is 10.0. The van der Waals surface area contributed by atoms with Gasteiger partial charge in [-0.1, -0.05) is 22.8 Å². The third kappa shape index (κ3) is 2.39. The zero-order valence-corrected chi connectivity index (χ0v) is 13.2. The molecular formula is C16H16ClFN2O2. The van der Waals surface area contributed by atoms with Crippen molar-refractivity contribution in [2.45, 2.75) is 32.7 Å². The Bertz CT molecular complexity index is 689. The van der Waals surface area contributed by atoms with Crippen molar-refractivity contribution in [3.63, 3.8) is 0 Å². The topological polar surface area (TPSA) is 46.3 Å². The molecule has 0 aliphatic carbocycles. The average molecular weight is 323 g/mol. The van der Waals surface area contributed by atoms with Crippen LogP contribution >= 0.6 is 11.6 Å². The van der Waals surface area contributed by atoms with Gasteiger partial charge >= 0.3 is 0 Å². The first-order valence-corrected chi connectivity index (χ1v) is 7.56. The number of carbonyl (C=O) groups is 1. The summed E-state index contributed by atoms with van der Waals surface area (Å²) >= 11 is 6.02. The minimum Gasteiger partial charge on any atom is -0.361 e.